The third kappa shape index (κ3) is 3.63. The zero-order chi connectivity index (χ0) is 18.5. The Balaban J connectivity index is 1.63. The standard InChI is InChI=1S/C19H15N5O2/c1-12-8-17(24-23-12)19(25)22-7-6-16-4-5-18(26-16)13-2-3-14(10-20)15(9-13)11-21/h2-5,8-9H,6-7H2,1H3,(H,22,25)(H,23,24). The third-order valence-electron chi connectivity index (χ3n) is 3.80. The molecule has 7 nitrogen and oxygen atoms in total. The predicted octanol–water partition coefficient (Wildman–Crippen LogP) is 2.69. The highest BCUT2D eigenvalue weighted by atomic mass is 16.3. The van der Waals surface area contributed by atoms with Gasteiger partial charge < -0.3 is 9.73 Å². The third-order valence-corrected chi connectivity index (χ3v) is 3.80. The number of hydrogen-bond acceptors (Lipinski definition) is 5. The molecule has 26 heavy (non-hydrogen) atoms. The summed E-state index contributed by atoms with van der Waals surface area (Å²) in [5.74, 6) is 1.07. The Morgan fingerprint density at radius 1 is 1.19 bits per heavy atom. The number of amides is 1. The number of benzene rings is 1. The molecule has 2 heterocycles. The lowest BCUT2D eigenvalue weighted by Crippen LogP contribution is -2.25. The van der Waals surface area contributed by atoms with Crippen molar-refractivity contribution in [3.63, 3.8) is 0 Å². The van der Waals surface area contributed by atoms with Gasteiger partial charge in [-0.15, -0.1) is 0 Å². The largest absolute Gasteiger partial charge is 0.461 e. The monoisotopic (exact) mass is 345 g/mol. The van der Waals surface area contributed by atoms with Gasteiger partial charge in [0.05, 0.1) is 11.1 Å². The molecule has 0 spiro atoms. The van der Waals surface area contributed by atoms with Gasteiger partial charge in [0.25, 0.3) is 5.91 Å². The van der Waals surface area contributed by atoms with Gasteiger partial charge in [-0.2, -0.15) is 15.6 Å². The van der Waals surface area contributed by atoms with Gasteiger partial charge in [0.1, 0.15) is 29.4 Å². The summed E-state index contributed by atoms with van der Waals surface area (Å²) in [5, 5.41) is 27.5. The van der Waals surface area contributed by atoms with E-state index in [1.54, 1.807) is 30.3 Å². The number of hydrogen-bond donors (Lipinski definition) is 2. The fourth-order valence-electron chi connectivity index (χ4n) is 2.48. The van der Waals surface area contributed by atoms with Gasteiger partial charge in [0, 0.05) is 24.2 Å². The Hall–Kier alpha value is -3.84. The maximum atomic E-state index is 11.9. The highest BCUT2D eigenvalue weighted by Gasteiger charge is 2.11. The summed E-state index contributed by atoms with van der Waals surface area (Å²) in [6.07, 6.45) is 0.524. The molecule has 128 valence electrons. The Bertz CT molecular complexity index is 1030. The molecule has 0 bridgehead atoms. The Kier molecular flexibility index (Phi) is 4.82. The van der Waals surface area contributed by atoms with Crippen molar-refractivity contribution >= 4 is 5.91 Å². The van der Waals surface area contributed by atoms with Crippen molar-refractivity contribution in [2.24, 2.45) is 0 Å². The molecule has 0 fully saturated rings. The summed E-state index contributed by atoms with van der Waals surface area (Å²) in [4.78, 5) is 11.9. The molecular weight excluding hydrogens is 330 g/mol. The topological polar surface area (TPSA) is 118 Å². The lowest BCUT2D eigenvalue weighted by Gasteiger charge is -2.02. The van der Waals surface area contributed by atoms with Crippen LogP contribution in [0.5, 0.6) is 0 Å². The molecule has 0 saturated heterocycles. The fraction of sp³-hybridized carbons (Fsp3) is 0.158. The van der Waals surface area contributed by atoms with Crippen molar-refractivity contribution in [3.05, 3.63) is 64.7 Å². The van der Waals surface area contributed by atoms with Crippen molar-refractivity contribution < 1.29 is 9.21 Å². The van der Waals surface area contributed by atoms with E-state index in [0.717, 1.165) is 11.3 Å². The van der Waals surface area contributed by atoms with Gasteiger partial charge >= 0.3 is 0 Å². The van der Waals surface area contributed by atoms with Gasteiger partial charge in [0.15, 0.2) is 0 Å². The number of aromatic amines is 1. The molecule has 0 radical (unpaired) electrons. The van der Waals surface area contributed by atoms with Crippen molar-refractivity contribution in [3.8, 4) is 23.5 Å². The molecule has 0 aliphatic rings. The number of nitrogens with one attached hydrogen (secondary N) is 2. The molecule has 0 aliphatic heterocycles. The number of carbonyl (C=O) groups is 1. The Labute approximate surface area is 149 Å². The quantitative estimate of drug-likeness (QED) is 0.737. The van der Waals surface area contributed by atoms with E-state index in [0.29, 0.717) is 41.3 Å². The molecule has 2 aromatic heterocycles. The van der Waals surface area contributed by atoms with Gasteiger partial charge in [0.2, 0.25) is 0 Å². The fourth-order valence-corrected chi connectivity index (χ4v) is 2.48. The highest BCUT2D eigenvalue weighted by molar-refractivity contribution is 5.92. The summed E-state index contributed by atoms with van der Waals surface area (Å²) in [7, 11) is 0. The zero-order valence-corrected chi connectivity index (χ0v) is 14.0. The van der Waals surface area contributed by atoms with Crippen molar-refractivity contribution in [2.45, 2.75) is 13.3 Å². The number of aryl methyl sites for hydroxylation is 1. The minimum atomic E-state index is -0.244. The molecule has 0 atom stereocenters. The first kappa shape index (κ1) is 17.0. The Morgan fingerprint density at radius 2 is 2.00 bits per heavy atom. The van der Waals surface area contributed by atoms with Crippen molar-refractivity contribution in [2.75, 3.05) is 6.54 Å². The highest BCUT2D eigenvalue weighted by Crippen LogP contribution is 2.24. The summed E-state index contributed by atoms with van der Waals surface area (Å²) < 4.78 is 5.77. The van der Waals surface area contributed by atoms with Crippen LogP contribution in [0.2, 0.25) is 0 Å². The van der Waals surface area contributed by atoms with E-state index in [2.05, 4.69) is 15.5 Å². The number of aromatic nitrogens is 2. The molecule has 1 aromatic carbocycles. The van der Waals surface area contributed by atoms with Crippen LogP contribution in [0.15, 0.2) is 40.8 Å². The summed E-state index contributed by atoms with van der Waals surface area (Å²) in [6, 6.07) is 14.3. The second kappa shape index (κ2) is 7.37. The SMILES string of the molecule is Cc1cc(C(=O)NCCc2ccc(-c3ccc(C#N)c(C#N)c3)o2)n[nH]1. The smallest absolute Gasteiger partial charge is 0.271 e. The van der Waals surface area contributed by atoms with Crippen LogP contribution >= 0.6 is 0 Å². The van der Waals surface area contributed by atoms with E-state index in [9.17, 15) is 4.79 Å². The van der Waals surface area contributed by atoms with E-state index in [1.807, 2.05) is 25.1 Å². The zero-order valence-electron chi connectivity index (χ0n) is 14.0. The average Bonchev–Trinajstić information content (AvgIpc) is 3.30. The molecule has 0 saturated carbocycles. The Morgan fingerprint density at radius 3 is 2.69 bits per heavy atom. The molecule has 0 aliphatic carbocycles. The van der Waals surface area contributed by atoms with Crippen LogP contribution in [-0.4, -0.2) is 22.6 Å². The van der Waals surface area contributed by atoms with Gasteiger partial charge in [-0.05, 0) is 43.3 Å². The predicted molar refractivity (Wildman–Crippen MR) is 92.9 cm³/mol. The lowest BCUT2D eigenvalue weighted by atomic mass is 10.0. The van der Waals surface area contributed by atoms with Gasteiger partial charge in [-0.3, -0.25) is 9.89 Å². The summed E-state index contributed by atoms with van der Waals surface area (Å²) in [6.45, 7) is 2.24. The van der Waals surface area contributed by atoms with Crippen LogP contribution in [0.4, 0.5) is 0 Å². The van der Waals surface area contributed by atoms with E-state index in [1.165, 1.54) is 0 Å². The molecule has 0 unspecified atom stereocenters. The second-order valence-electron chi connectivity index (χ2n) is 5.69. The molecule has 1 amide bonds. The van der Waals surface area contributed by atoms with E-state index in [4.69, 9.17) is 14.9 Å². The van der Waals surface area contributed by atoms with Crippen LogP contribution in [-0.2, 0) is 6.42 Å². The molecule has 3 aromatic rings. The summed E-state index contributed by atoms with van der Waals surface area (Å²) >= 11 is 0. The summed E-state index contributed by atoms with van der Waals surface area (Å²) in [5.41, 5.74) is 2.54. The van der Waals surface area contributed by atoms with Crippen LogP contribution in [0.25, 0.3) is 11.3 Å². The first-order valence-corrected chi connectivity index (χ1v) is 7.94. The first-order valence-electron chi connectivity index (χ1n) is 7.94. The second-order valence-corrected chi connectivity index (χ2v) is 5.69. The van der Waals surface area contributed by atoms with E-state index in [-0.39, 0.29) is 5.91 Å². The average molecular weight is 345 g/mol. The maximum Gasteiger partial charge on any atom is 0.271 e. The number of nitriles is 2. The number of H-pyrrole nitrogens is 1. The van der Waals surface area contributed by atoms with Crippen molar-refractivity contribution in [1.29, 1.82) is 10.5 Å². The number of furan rings is 1. The number of carbonyl (C=O) groups excluding carboxylic acids is 1. The molecule has 2 N–H and O–H groups in total. The lowest BCUT2D eigenvalue weighted by molar-refractivity contribution is 0.0948. The molecule has 7 heteroatoms. The van der Waals surface area contributed by atoms with Gasteiger partial charge in [-0.25, -0.2) is 0 Å². The van der Waals surface area contributed by atoms with E-state index < -0.39 is 0 Å². The number of nitrogens with zero attached hydrogens (tertiary/aromatic N) is 3. The molecular formula is C19H15N5O2. The van der Waals surface area contributed by atoms with Crippen molar-refractivity contribution in [1.82, 2.24) is 15.5 Å². The molecule has 3 rings (SSSR count). The maximum absolute atomic E-state index is 11.9. The number of rotatable bonds is 5. The van der Waals surface area contributed by atoms with Crippen LogP contribution in [0.1, 0.15) is 33.1 Å². The normalized spacial score (nSPS) is 10.1. The van der Waals surface area contributed by atoms with E-state index >= 15 is 0 Å². The first-order chi connectivity index (χ1) is 12.6. The van der Waals surface area contributed by atoms with Crippen LogP contribution < -0.4 is 5.32 Å². The minimum absolute atomic E-state index is 0.244. The van der Waals surface area contributed by atoms with Crippen LogP contribution in [0, 0.1) is 29.6 Å². The minimum Gasteiger partial charge on any atom is -0.461 e. The van der Waals surface area contributed by atoms with Gasteiger partial charge in [-0.1, -0.05) is 0 Å². The van der Waals surface area contributed by atoms with Crippen LogP contribution in [0.3, 0.4) is 0 Å².